The van der Waals surface area contributed by atoms with Crippen LogP contribution in [-0.4, -0.2) is 16.9 Å². The van der Waals surface area contributed by atoms with Gasteiger partial charge in [-0.25, -0.2) is 4.68 Å². The predicted molar refractivity (Wildman–Crippen MR) is 68.9 cm³/mol. The average molecular weight is 253 g/mol. The molecule has 0 unspecified atom stereocenters. The van der Waals surface area contributed by atoms with Crippen LogP contribution in [0.15, 0.2) is 24.3 Å². The molecule has 0 aliphatic carbocycles. The van der Waals surface area contributed by atoms with Crippen LogP contribution in [0.1, 0.15) is 0 Å². The lowest BCUT2D eigenvalue weighted by Gasteiger charge is -2.07. The van der Waals surface area contributed by atoms with E-state index < -0.39 is 0 Å². The van der Waals surface area contributed by atoms with Crippen LogP contribution in [0.4, 0.5) is 17.2 Å². The van der Waals surface area contributed by atoms with Crippen molar-refractivity contribution in [2.24, 2.45) is 7.05 Å². The van der Waals surface area contributed by atoms with Crippen LogP contribution in [0.3, 0.4) is 0 Å². The lowest BCUT2D eigenvalue weighted by molar-refractivity contribution is 0.373. The molecule has 0 aliphatic heterocycles. The number of benzene rings is 1. The number of hydrogen-bond donors (Lipinski definition) is 2. The van der Waals surface area contributed by atoms with Crippen molar-refractivity contribution >= 4 is 28.8 Å². The maximum absolute atomic E-state index is 5.93. The van der Waals surface area contributed by atoms with Crippen molar-refractivity contribution in [3.63, 3.8) is 0 Å². The first-order chi connectivity index (χ1) is 8.11. The maximum Gasteiger partial charge on any atom is 0.213 e. The first kappa shape index (κ1) is 11.6. The molecule has 5 nitrogen and oxygen atoms in total. The van der Waals surface area contributed by atoms with Crippen LogP contribution in [0.2, 0.25) is 5.02 Å². The summed E-state index contributed by atoms with van der Waals surface area (Å²) in [4.78, 5) is 0. The van der Waals surface area contributed by atoms with Gasteiger partial charge < -0.3 is 15.8 Å². The third kappa shape index (κ3) is 2.29. The van der Waals surface area contributed by atoms with Gasteiger partial charge in [0.05, 0.1) is 23.5 Å². The second kappa shape index (κ2) is 4.55. The summed E-state index contributed by atoms with van der Waals surface area (Å²) in [6.45, 7) is 0. The molecular weight excluding hydrogens is 240 g/mol. The van der Waals surface area contributed by atoms with Crippen LogP contribution in [-0.2, 0) is 7.05 Å². The van der Waals surface area contributed by atoms with E-state index in [2.05, 4.69) is 10.4 Å². The molecule has 0 fully saturated rings. The van der Waals surface area contributed by atoms with E-state index in [-0.39, 0.29) is 0 Å². The van der Waals surface area contributed by atoms with Gasteiger partial charge >= 0.3 is 0 Å². The van der Waals surface area contributed by atoms with Gasteiger partial charge in [0.2, 0.25) is 5.88 Å². The van der Waals surface area contributed by atoms with Gasteiger partial charge in [-0.2, -0.15) is 5.10 Å². The van der Waals surface area contributed by atoms with Crippen molar-refractivity contribution < 1.29 is 4.74 Å². The third-order valence-corrected chi connectivity index (χ3v) is 2.69. The number of para-hydroxylation sites is 1. The average Bonchev–Trinajstić information content (AvgIpc) is 2.65. The van der Waals surface area contributed by atoms with Gasteiger partial charge in [0, 0.05) is 13.1 Å². The quantitative estimate of drug-likeness (QED) is 0.824. The molecule has 1 aromatic heterocycles. The number of halogens is 1. The third-order valence-electron chi connectivity index (χ3n) is 2.36. The number of nitrogens with one attached hydrogen (secondary N) is 1. The summed E-state index contributed by atoms with van der Waals surface area (Å²) in [6.07, 6.45) is 0. The first-order valence-corrected chi connectivity index (χ1v) is 5.38. The monoisotopic (exact) mass is 252 g/mol. The molecular formula is C11H13ClN4O. The highest BCUT2D eigenvalue weighted by Gasteiger charge is 2.08. The molecule has 0 radical (unpaired) electrons. The van der Waals surface area contributed by atoms with Crippen molar-refractivity contribution in [1.29, 1.82) is 0 Å². The maximum atomic E-state index is 5.93. The summed E-state index contributed by atoms with van der Waals surface area (Å²) in [7, 11) is 3.39. The Bertz CT molecular complexity index is 538. The molecule has 0 amide bonds. The van der Waals surface area contributed by atoms with Gasteiger partial charge in [0.15, 0.2) is 5.82 Å². The first-order valence-electron chi connectivity index (χ1n) is 5.01. The van der Waals surface area contributed by atoms with Crippen LogP contribution in [0, 0.1) is 0 Å². The topological polar surface area (TPSA) is 65.1 Å². The van der Waals surface area contributed by atoms with Crippen molar-refractivity contribution in [2.75, 3.05) is 18.2 Å². The summed E-state index contributed by atoms with van der Waals surface area (Å²) >= 11 is 5.93. The number of hydrogen-bond acceptors (Lipinski definition) is 4. The van der Waals surface area contributed by atoms with E-state index in [0.29, 0.717) is 22.4 Å². The number of nitrogens with two attached hydrogens (primary N) is 1. The number of aryl methyl sites for hydroxylation is 1. The van der Waals surface area contributed by atoms with E-state index in [9.17, 15) is 0 Å². The molecule has 2 rings (SSSR count). The van der Waals surface area contributed by atoms with E-state index >= 15 is 0 Å². The molecule has 0 bridgehead atoms. The summed E-state index contributed by atoms with van der Waals surface area (Å²) in [5.41, 5.74) is 7.07. The number of methoxy groups -OCH3 is 1. The lowest BCUT2D eigenvalue weighted by atomic mass is 10.2. The van der Waals surface area contributed by atoms with Gasteiger partial charge in [-0.15, -0.1) is 0 Å². The summed E-state index contributed by atoms with van der Waals surface area (Å²) in [6, 6.07) is 7.17. The van der Waals surface area contributed by atoms with Crippen molar-refractivity contribution in [3.05, 3.63) is 29.3 Å². The van der Waals surface area contributed by atoms with Gasteiger partial charge in [-0.1, -0.05) is 17.7 Å². The SMILES string of the molecule is COc1cc(Nc2cccc(Cl)c2N)nn1C. The molecule has 1 aromatic carbocycles. The van der Waals surface area contributed by atoms with Crippen LogP contribution < -0.4 is 15.8 Å². The van der Waals surface area contributed by atoms with Crippen LogP contribution >= 0.6 is 11.6 Å². The van der Waals surface area contributed by atoms with E-state index in [0.717, 1.165) is 5.69 Å². The molecule has 0 spiro atoms. The summed E-state index contributed by atoms with van der Waals surface area (Å²) in [5.74, 6) is 1.31. The largest absolute Gasteiger partial charge is 0.481 e. The minimum atomic E-state index is 0.499. The zero-order valence-corrected chi connectivity index (χ0v) is 10.3. The molecule has 0 saturated carbocycles. The van der Waals surface area contributed by atoms with E-state index in [1.165, 1.54) is 0 Å². The van der Waals surface area contributed by atoms with Crippen LogP contribution in [0.5, 0.6) is 5.88 Å². The highest BCUT2D eigenvalue weighted by Crippen LogP contribution is 2.29. The fraction of sp³-hybridized carbons (Fsp3) is 0.182. The van der Waals surface area contributed by atoms with Gasteiger partial charge in [-0.05, 0) is 12.1 Å². The number of nitrogen functional groups attached to an aromatic ring is 1. The number of aromatic nitrogens is 2. The van der Waals surface area contributed by atoms with Gasteiger partial charge in [0.1, 0.15) is 0 Å². The van der Waals surface area contributed by atoms with Crippen LogP contribution in [0.25, 0.3) is 0 Å². The molecule has 1 heterocycles. The molecule has 2 aromatic rings. The molecule has 90 valence electrons. The Kier molecular flexibility index (Phi) is 3.10. The Morgan fingerprint density at radius 2 is 2.24 bits per heavy atom. The van der Waals surface area contributed by atoms with E-state index in [1.807, 2.05) is 12.1 Å². The Morgan fingerprint density at radius 3 is 2.88 bits per heavy atom. The normalized spacial score (nSPS) is 10.3. The second-order valence-corrected chi connectivity index (χ2v) is 3.93. The smallest absolute Gasteiger partial charge is 0.213 e. The highest BCUT2D eigenvalue weighted by atomic mass is 35.5. The molecule has 0 atom stereocenters. The zero-order chi connectivity index (χ0) is 12.4. The van der Waals surface area contributed by atoms with Crippen molar-refractivity contribution in [2.45, 2.75) is 0 Å². The molecule has 6 heteroatoms. The van der Waals surface area contributed by atoms with E-state index in [4.69, 9.17) is 22.1 Å². The van der Waals surface area contributed by atoms with Crippen molar-refractivity contribution in [1.82, 2.24) is 9.78 Å². The Morgan fingerprint density at radius 1 is 1.47 bits per heavy atom. The fourth-order valence-electron chi connectivity index (χ4n) is 1.49. The van der Waals surface area contributed by atoms with E-state index in [1.54, 1.807) is 31.0 Å². The number of nitrogens with zero attached hydrogens (tertiary/aromatic N) is 2. The lowest BCUT2D eigenvalue weighted by Crippen LogP contribution is -1.98. The minimum absolute atomic E-state index is 0.499. The molecule has 0 aliphatic rings. The number of ether oxygens (including phenoxy) is 1. The highest BCUT2D eigenvalue weighted by molar-refractivity contribution is 6.33. The molecule has 3 N–H and O–H groups in total. The van der Waals surface area contributed by atoms with Gasteiger partial charge in [-0.3, -0.25) is 0 Å². The minimum Gasteiger partial charge on any atom is -0.481 e. The number of rotatable bonds is 3. The Balaban J connectivity index is 2.28. The Hall–Kier alpha value is -1.88. The number of anilines is 3. The molecule has 0 saturated heterocycles. The summed E-state index contributed by atoms with van der Waals surface area (Å²) in [5, 5.41) is 7.83. The van der Waals surface area contributed by atoms with Gasteiger partial charge in [0.25, 0.3) is 0 Å². The molecule has 17 heavy (non-hydrogen) atoms. The standard InChI is InChI=1S/C11H13ClN4O/c1-16-10(17-2)6-9(15-16)14-8-5-3-4-7(12)11(8)13/h3-6H,13H2,1-2H3,(H,14,15). The fourth-order valence-corrected chi connectivity index (χ4v) is 1.66. The Labute approximate surface area is 104 Å². The predicted octanol–water partition coefficient (Wildman–Crippen LogP) is 2.41. The van der Waals surface area contributed by atoms with Crippen molar-refractivity contribution in [3.8, 4) is 5.88 Å². The zero-order valence-electron chi connectivity index (χ0n) is 9.57. The second-order valence-electron chi connectivity index (χ2n) is 3.52. The summed E-state index contributed by atoms with van der Waals surface area (Å²) < 4.78 is 6.75.